The maximum absolute atomic E-state index is 13.0. The Labute approximate surface area is 146 Å². The number of fused-ring (bicyclic) bond motifs is 1. The van der Waals surface area contributed by atoms with Crippen LogP contribution in [0.3, 0.4) is 0 Å². The van der Waals surface area contributed by atoms with Gasteiger partial charge in [0.25, 0.3) is 5.91 Å². The fourth-order valence-corrected chi connectivity index (χ4v) is 2.64. The van der Waals surface area contributed by atoms with Crippen molar-refractivity contribution in [2.75, 3.05) is 25.1 Å². The van der Waals surface area contributed by atoms with Gasteiger partial charge >= 0.3 is 0 Å². The van der Waals surface area contributed by atoms with Crippen LogP contribution in [0.2, 0.25) is 0 Å². The van der Waals surface area contributed by atoms with E-state index in [1.807, 2.05) is 0 Å². The van der Waals surface area contributed by atoms with Crippen molar-refractivity contribution in [1.29, 1.82) is 0 Å². The minimum absolute atomic E-state index is 0.196. The van der Waals surface area contributed by atoms with E-state index in [4.69, 9.17) is 14.2 Å². The van der Waals surface area contributed by atoms with Crippen molar-refractivity contribution in [3.8, 4) is 17.2 Å². The first-order valence-corrected chi connectivity index (χ1v) is 8.18. The normalized spacial score (nSPS) is 13.1. The highest BCUT2D eigenvalue weighted by atomic mass is 79.9. The standard InChI is InChI=1S/C17H15BrFNO4/c18-13-8-11(19)2-4-14(13)24-10-17(21)20-12-3-5-15-16(9-12)23-7-1-6-22-15/h2-5,8-9H,1,6-7,10H2,(H,20,21). The number of hydrogen-bond donors (Lipinski definition) is 1. The number of rotatable bonds is 4. The zero-order chi connectivity index (χ0) is 16.9. The third-order valence-corrected chi connectivity index (χ3v) is 3.90. The quantitative estimate of drug-likeness (QED) is 0.855. The minimum atomic E-state index is -0.383. The van der Waals surface area contributed by atoms with Gasteiger partial charge in [-0.1, -0.05) is 0 Å². The summed E-state index contributed by atoms with van der Waals surface area (Å²) in [7, 11) is 0. The van der Waals surface area contributed by atoms with E-state index in [2.05, 4.69) is 21.2 Å². The molecule has 0 saturated carbocycles. The number of carbonyl (C=O) groups is 1. The molecule has 0 radical (unpaired) electrons. The molecule has 24 heavy (non-hydrogen) atoms. The van der Waals surface area contributed by atoms with Crippen LogP contribution >= 0.6 is 15.9 Å². The molecule has 1 heterocycles. The summed E-state index contributed by atoms with van der Waals surface area (Å²) in [6.07, 6.45) is 0.816. The summed E-state index contributed by atoms with van der Waals surface area (Å²) >= 11 is 3.19. The highest BCUT2D eigenvalue weighted by Gasteiger charge is 2.12. The summed E-state index contributed by atoms with van der Waals surface area (Å²) in [4.78, 5) is 12.0. The second-order valence-corrected chi connectivity index (χ2v) is 5.98. The minimum Gasteiger partial charge on any atom is -0.490 e. The number of ether oxygens (including phenoxy) is 3. The molecular formula is C17H15BrFNO4. The van der Waals surface area contributed by atoms with Crippen LogP contribution in [0, 0.1) is 5.82 Å². The first-order valence-electron chi connectivity index (χ1n) is 7.39. The first-order chi connectivity index (χ1) is 11.6. The lowest BCUT2D eigenvalue weighted by Gasteiger charge is -2.11. The predicted octanol–water partition coefficient (Wildman–Crippen LogP) is 3.77. The Morgan fingerprint density at radius 1 is 1.17 bits per heavy atom. The SMILES string of the molecule is O=C(COc1ccc(F)cc1Br)Nc1ccc2c(c1)OCCCO2. The van der Waals surface area contributed by atoms with Gasteiger partial charge in [0.05, 0.1) is 17.7 Å². The van der Waals surface area contributed by atoms with E-state index in [1.165, 1.54) is 18.2 Å². The van der Waals surface area contributed by atoms with Crippen molar-refractivity contribution in [3.63, 3.8) is 0 Å². The lowest BCUT2D eigenvalue weighted by molar-refractivity contribution is -0.118. The van der Waals surface area contributed by atoms with E-state index >= 15 is 0 Å². The molecule has 1 N–H and O–H groups in total. The van der Waals surface area contributed by atoms with Crippen LogP contribution in [-0.2, 0) is 4.79 Å². The highest BCUT2D eigenvalue weighted by Crippen LogP contribution is 2.32. The van der Waals surface area contributed by atoms with Gasteiger partial charge in [-0.25, -0.2) is 4.39 Å². The van der Waals surface area contributed by atoms with Crippen LogP contribution in [0.15, 0.2) is 40.9 Å². The van der Waals surface area contributed by atoms with Crippen molar-refractivity contribution in [1.82, 2.24) is 0 Å². The summed E-state index contributed by atoms with van der Waals surface area (Å²) in [5.74, 6) is 0.946. The molecule has 0 bridgehead atoms. The summed E-state index contributed by atoms with van der Waals surface area (Å²) in [5, 5.41) is 2.72. The average Bonchev–Trinajstić information content (AvgIpc) is 2.79. The van der Waals surface area contributed by atoms with Crippen molar-refractivity contribution in [2.24, 2.45) is 0 Å². The number of benzene rings is 2. The summed E-state index contributed by atoms with van der Waals surface area (Å²) in [6.45, 7) is 0.990. The third kappa shape index (κ3) is 4.17. The van der Waals surface area contributed by atoms with Gasteiger partial charge in [-0.3, -0.25) is 4.79 Å². The van der Waals surface area contributed by atoms with Gasteiger partial charge < -0.3 is 19.5 Å². The van der Waals surface area contributed by atoms with E-state index in [1.54, 1.807) is 18.2 Å². The fourth-order valence-electron chi connectivity index (χ4n) is 2.17. The van der Waals surface area contributed by atoms with Crippen molar-refractivity contribution in [2.45, 2.75) is 6.42 Å². The number of halogens is 2. The van der Waals surface area contributed by atoms with Crippen molar-refractivity contribution in [3.05, 3.63) is 46.7 Å². The molecule has 1 amide bonds. The summed E-state index contributed by atoms with van der Waals surface area (Å²) in [5.41, 5.74) is 0.589. The van der Waals surface area contributed by atoms with E-state index in [0.29, 0.717) is 40.6 Å². The number of nitrogens with one attached hydrogen (secondary N) is 1. The van der Waals surface area contributed by atoms with Gasteiger partial charge in [-0.2, -0.15) is 0 Å². The predicted molar refractivity (Wildman–Crippen MR) is 90.3 cm³/mol. The van der Waals surface area contributed by atoms with Gasteiger partial charge in [-0.05, 0) is 46.3 Å². The van der Waals surface area contributed by atoms with E-state index in [0.717, 1.165) is 6.42 Å². The van der Waals surface area contributed by atoms with Crippen LogP contribution in [0.4, 0.5) is 10.1 Å². The fraction of sp³-hybridized carbons (Fsp3) is 0.235. The average molecular weight is 396 g/mol. The van der Waals surface area contributed by atoms with Crippen LogP contribution in [0.25, 0.3) is 0 Å². The van der Waals surface area contributed by atoms with Gasteiger partial charge in [0.15, 0.2) is 18.1 Å². The number of carbonyl (C=O) groups excluding carboxylic acids is 1. The lowest BCUT2D eigenvalue weighted by Crippen LogP contribution is -2.20. The molecule has 2 aromatic rings. The molecule has 0 saturated heterocycles. The van der Waals surface area contributed by atoms with Gasteiger partial charge in [0.1, 0.15) is 11.6 Å². The topological polar surface area (TPSA) is 56.8 Å². The molecular weight excluding hydrogens is 381 g/mol. The molecule has 0 atom stereocenters. The van der Waals surface area contributed by atoms with Crippen LogP contribution in [-0.4, -0.2) is 25.7 Å². The van der Waals surface area contributed by atoms with Crippen LogP contribution in [0.1, 0.15) is 6.42 Å². The third-order valence-electron chi connectivity index (χ3n) is 3.28. The van der Waals surface area contributed by atoms with E-state index < -0.39 is 0 Å². The van der Waals surface area contributed by atoms with E-state index in [-0.39, 0.29) is 18.3 Å². The molecule has 1 aliphatic heterocycles. The van der Waals surface area contributed by atoms with E-state index in [9.17, 15) is 9.18 Å². The maximum atomic E-state index is 13.0. The molecule has 0 aliphatic carbocycles. The van der Waals surface area contributed by atoms with Gasteiger partial charge in [0, 0.05) is 18.2 Å². The second kappa shape index (κ2) is 7.53. The van der Waals surface area contributed by atoms with Gasteiger partial charge in [0.2, 0.25) is 0 Å². The zero-order valence-corrected chi connectivity index (χ0v) is 14.3. The summed E-state index contributed by atoms with van der Waals surface area (Å²) in [6, 6.07) is 9.21. The number of hydrogen-bond acceptors (Lipinski definition) is 4. The van der Waals surface area contributed by atoms with Crippen LogP contribution < -0.4 is 19.5 Å². The molecule has 0 fully saturated rings. The largest absolute Gasteiger partial charge is 0.490 e. The zero-order valence-electron chi connectivity index (χ0n) is 12.7. The second-order valence-electron chi connectivity index (χ2n) is 5.12. The summed E-state index contributed by atoms with van der Waals surface area (Å²) < 4.78 is 30.0. The molecule has 1 aliphatic rings. The number of anilines is 1. The van der Waals surface area contributed by atoms with Crippen molar-refractivity contribution < 1.29 is 23.4 Å². The lowest BCUT2D eigenvalue weighted by atomic mass is 10.2. The Morgan fingerprint density at radius 2 is 1.96 bits per heavy atom. The molecule has 0 spiro atoms. The molecule has 7 heteroatoms. The molecule has 5 nitrogen and oxygen atoms in total. The molecule has 126 valence electrons. The monoisotopic (exact) mass is 395 g/mol. The van der Waals surface area contributed by atoms with Gasteiger partial charge in [-0.15, -0.1) is 0 Å². The molecule has 0 aromatic heterocycles. The Balaban J connectivity index is 1.59. The molecule has 3 rings (SSSR count). The Hall–Kier alpha value is -2.28. The van der Waals surface area contributed by atoms with Crippen LogP contribution in [0.5, 0.6) is 17.2 Å². The Morgan fingerprint density at radius 3 is 2.75 bits per heavy atom. The first kappa shape index (κ1) is 16.6. The molecule has 0 unspecified atom stereocenters. The smallest absolute Gasteiger partial charge is 0.262 e. The molecule has 2 aromatic carbocycles. The Kier molecular flexibility index (Phi) is 5.20. The Bertz CT molecular complexity index is 753. The maximum Gasteiger partial charge on any atom is 0.262 e. The van der Waals surface area contributed by atoms with Crippen molar-refractivity contribution >= 4 is 27.5 Å². The number of amides is 1. The highest BCUT2D eigenvalue weighted by molar-refractivity contribution is 9.10.